The molecular formula is C43H50N3O2+. The van der Waals surface area contributed by atoms with Crippen LogP contribution in [0.25, 0.3) is 21.5 Å². The van der Waals surface area contributed by atoms with E-state index >= 15 is 0 Å². The van der Waals surface area contributed by atoms with E-state index in [1.807, 2.05) is 0 Å². The van der Waals surface area contributed by atoms with E-state index in [0.717, 1.165) is 38.8 Å². The van der Waals surface area contributed by atoms with Crippen molar-refractivity contribution >= 4 is 44.6 Å². The van der Waals surface area contributed by atoms with Gasteiger partial charge < -0.3 is 15.7 Å². The molecule has 3 N–H and O–H groups in total. The topological polar surface area (TPSA) is 69.6 Å². The summed E-state index contributed by atoms with van der Waals surface area (Å²) in [6.07, 6.45) is 16.0. The molecule has 0 aromatic heterocycles. The SMILES string of the molecule is CC1(C)C(=CC=CC=CC2=[N+](CCCCCC(=O)O)c3ccc4ccccc4c3C2(C)C)N(CCCCN)c2ccc3ccccc3c21. The van der Waals surface area contributed by atoms with Crippen molar-refractivity contribution in [2.45, 2.75) is 77.0 Å². The van der Waals surface area contributed by atoms with Crippen molar-refractivity contribution in [2.75, 3.05) is 24.5 Å². The van der Waals surface area contributed by atoms with Crippen LogP contribution in [0.15, 0.2) is 109 Å². The fourth-order valence-electron chi connectivity index (χ4n) is 8.05. The van der Waals surface area contributed by atoms with E-state index in [1.54, 1.807) is 0 Å². The van der Waals surface area contributed by atoms with Gasteiger partial charge in [0.2, 0.25) is 5.69 Å². The molecule has 0 saturated carbocycles. The minimum Gasteiger partial charge on any atom is -0.481 e. The number of carboxylic acids is 1. The van der Waals surface area contributed by atoms with Gasteiger partial charge in [0, 0.05) is 53.9 Å². The zero-order valence-corrected chi connectivity index (χ0v) is 29.0. The van der Waals surface area contributed by atoms with E-state index in [1.165, 1.54) is 55.5 Å². The second-order valence-electron chi connectivity index (χ2n) is 14.3. The molecule has 6 rings (SSSR count). The Morgan fingerprint density at radius 3 is 2.17 bits per heavy atom. The van der Waals surface area contributed by atoms with Crippen LogP contribution in [0.1, 0.15) is 77.3 Å². The molecule has 0 fully saturated rings. The summed E-state index contributed by atoms with van der Waals surface area (Å²) in [7, 11) is 0. The highest BCUT2D eigenvalue weighted by atomic mass is 16.4. The number of aliphatic carboxylic acids is 1. The number of hydrogen-bond acceptors (Lipinski definition) is 3. The second kappa shape index (κ2) is 13.9. The number of carbonyl (C=O) groups is 1. The van der Waals surface area contributed by atoms with Crippen LogP contribution in [-0.4, -0.2) is 41.0 Å². The molecule has 48 heavy (non-hydrogen) atoms. The predicted octanol–water partition coefficient (Wildman–Crippen LogP) is 9.55. The highest BCUT2D eigenvalue weighted by molar-refractivity contribution is 6.07. The molecule has 4 aromatic rings. The maximum absolute atomic E-state index is 11.1. The summed E-state index contributed by atoms with van der Waals surface area (Å²) in [5.41, 5.74) is 13.5. The van der Waals surface area contributed by atoms with Gasteiger partial charge in [-0.05, 0) is 91.4 Å². The highest BCUT2D eigenvalue weighted by Crippen LogP contribution is 2.51. The quantitative estimate of drug-likeness (QED) is 0.0868. The average molecular weight is 641 g/mol. The first kappa shape index (κ1) is 33.4. The Morgan fingerprint density at radius 1 is 0.771 bits per heavy atom. The van der Waals surface area contributed by atoms with Crippen molar-refractivity contribution in [2.24, 2.45) is 5.73 Å². The molecule has 2 heterocycles. The van der Waals surface area contributed by atoms with Crippen molar-refractivity contribution in [3.8, 4) is 0 Å². The summed E-state index contributed by atoms with van der Waals surface area (Å²) in [6.45, 7) is 11.9. The fourth-order valence-corrected chi connectivity index (χ4v) is 8.05. The standard InChI is InChI=1S/C43H49N3O2/c1-42(2)37(45(29-15-6-9-23-39(47)48)35-26-24-31-17-10-12-19-33(31)40(35)42)21-7-5-8-22-38-43(3,4)41-34-20-13-11-18-32(34)25-27-36(41)46(38)30-16-14-28-44/h5,7-8,10-13,17-22,24-27H,6,9,14-16,23,28-30,44H2,1-4H3/p+1. The molecule has 248 valence electrons. The summed E-state index contributed by atoms with van der Waals surface area (Å²) in [5, 5.41) is 14.3. The van der Waals surface area contributed by atoms with Crippen LogP contribution in [0.3, 0.4) is 0 Å². The maximum atomic E-state index is 11.1. The lowest BCUT2D eigenvalue weighted by atomic mass is 9.79. The Balaban J connectivity index is 1.32. The first-order valence-electron chi connectivity index (χ1n) is 17.6. The van der Waals surface area contributed by atoms with Gasteiger partial charge in [-0.15, -0.1) is 0 Å². The van der Waals surface area contributed by atoms with Gasteiger partial charge in [0.05, 0.1) is 5.41 Å². The Labute approximate surface area is 285 Å². The van der Waals surface area contributed by atoms with Gasteiger partial charge in [-0.1, -0.05) is 86.7 Å². The van der Waals surface area contributed by atoms with E-state index in [9.17, 15) is 4.79 Å². The minimum absolute atomic E-state index is 0.144. The molecule has 0 amide bonds. The molecule has 0 unspecified atom stereocenters. The number of fused-ring (bicyclic) bond motifs is 6. The lowest BCUT2D eigenvalue weighted by Crippen LogP contribution is -2.28. The summed E-state index contributed by atoms with van der Waals surface area (Å²) < 4.78 is 2.46. The van der Waals surface area contributed by atoms with Crippen LogP contribution in [0, 0.1) is 0 Å². The van der Waals surface area contributed by atoms with Gasteiger partial charge in [0.15, 0.2) is 5.71 Å². The average Bonchev–Trinajstić information content (AvgIpc) is 3.43. The first-order valence-corrected chi connectivity index (χ1v) is 17.6. The lowest BCUT2D eigenvalue weighted by molar-refractivity contribution is -0.438. The number of rotatable bonds is 13. The van der Waals surface area contributed by atoms with Gasteiger partial charge in [-0.25, -0.2) is 0 Å². The van der Waals surface area contributed by atoms with Gasteiger partial charge >= 0.3 is 5.97 Å². The number of nitrogens with two attached hydrogens (primary N) is 1. The molecule has 0 bridgehead atoms. The van der Waals surface area contributed by atoms with Crippen LogP contribution in [0.5, 0.6) is 0 Å². The Bertz CT molecular complexity index is 1960. The molecule has 0 saturated heterocycles. The fraction of sp³-hybridized carbons (Fsp3) is 0.349. The number of anilines is 1. The summed E-state index contributed by atoms with van der Waals surface area (Å²) in [6, 6.07) is 26.4. The smallest absolute Gasteiger partial charge is 0.303 e. The van der Waals surface area contributed by atoms with E-state index in [0.29, 0.717) is 13.0 Å². The minimum atomic E-state index is -0.719. The number of unbranched alkanes of at least 4 members (excludes halogenated alkanes) is 3. The van der Waals surface area contributed by atoms with Gasteiger partial charge in [-0.3, -0.25) is 4.79 Å². The molecule has 4 aromatic carbocycles. The molecular weight excluding hydrogens is 590 g/mol. The number of benzene rings is 4. The van der Waals surface area contributed by atoms with Crippen molar-refractivity contribution in [1.82, 2.24) is 0 Å². The predicted molar refractivity (Wildman–Crippen MR) is 202 cm³/mol. The normalized spacial score (nSPS) is 17.4. The van der Waals surface area contributed by atoms with E-state index in [4.69, 9.17) is 10.8 Å². The maximum Gasteiger partial charge on any atom is 0.303 e. The molecule has 5 heteroatoms. The zero-order chi connectivity index (χ0) is 33.9. The van der Waals surface area contributed by atoms with Crippen LogP contribution in [0.2, 0.25) is 0 Å². The van der Waals surface area contributed by atoms with Crippen molar-refractivity contribution in [3.05, 3.63) is 120 Å². The molecule has 0 radical (unpaired) electrons. The van der Waals surface area contributed by atoms with Gasteiger partial charge in [0.25, 0.3) is 0 Å². The number of nitrogens with zero attached hydrogens (tertiary/aromatic N) is 2. The third-order valence-electron chi connectivity index (χ3n) is 10.3. The monoisotopic (exact) mass is 640 g/mol. The number of carboxylic acid groups (broad SMARTS) is 1. The lowest BCUT2D eigenvalue weighted by Gasteiger charge is -2.27. The molecule has 0 atom stereocenters. The van der Waals surface area contributed by atoms with E-state index in [-0.39, 0.29) is 17.3 Å². The van der Waals surface area contributed by atoms with Crippen LogP contribution in [-0.2, 0) is 15.6 Å². The Hall–Kier alpha value is -4.48. The third-order valence-corrected chi connectivity index (χ3v) is 10.3. The molecule has 0 spiro atoms. The summed E-state index contributed by atoms with van der Waals surface area (Å²) in [5.74, 6) is -0.719. The van der Waals surface area contributed by atoms with Crippen molar-refractivity contribution < 1.29 is 14.5 Å². The number of hydrogen-bond donors (Lipinski definition) is 2. The molecule has 0 aliphatic carbocycles. The Kier molecular flexibility index (Phi) is 9.70. The van der Waals surface area contributed by atoms with Crippen LogP contribution in [0.4, 0.5) is 11.4 Å². The second-order valence-corrected chi connectivity index (χ2v) is 14.3. The van der Waals surface area contributed by atoms with E-state index < -0.39 is 5.97 Å². The van der Waals surface area contributed by atoms with Crippen molar-refractivity contribution in [1.29, 1.82) is 0 Å². The molecule has 5 nitrogen and oxygen atoms in total. The van der Waals surface area contributed by atoms with E-state index in [2.05, 4.69) is 140 Å². The van der Waals surface area contributed by atoms with Crippen LogP contribution < -0.4 is 10.6 Å². The van der Waals surface area contributed by atoms with Crippen LogP contribution >= 0.6 is 0 Å². The molecule has 2 aliphatic rings. The summed E-state index contributed by atoms with van der Waals surface area (Å²) >= 11 is 0. The highest BCUT2D eigenvalue weighted by Gasteiger charge is 2.45. The summed E-state index contributed by atoms with van der Waals surface area (Å²) in [4.78, 5) is 13.6. The molecule has 2 aliphatic heterocycles. The third kappa shape index (κ3) is 6.24. The van der Waals surface area contributed by atoms with Crippen molar-refractivity contribution in [3.63, 3.8) is 0 Å². The van der Waals surface area contributed by atoms with Gasteiger partial charge in [0.1, 0.15) is 6.54 Å². The number of allylic oxidation sites excluding steroid dienone is 6. The van der Waals surface area contributed by atoms with Gasteiger partial charge in [-0.2, -0.15) is 4.58 Å². The zero-order valence-electron chi connectivity index (χ0n) is 29.0. The first-order chi connectivity index (χ1) is 23.2. The Morgan fingerprint density at radius 2 is 1.46 bits per heavy atom. The largest absolute Gasteiger partial charge is 0.481 e.